The van der Waals surface area contributed by atoms with Crippen LogP contribution in [0.1, 0.15) is 17.4 Å². The lowest BCUT2D eigenvalue weighted by Crippen LogP contribution is -2.35. The first kappa shape index (κ1) is 15.0. The number of hydrogen-bond donors (Lipinski definition) is 4. The van der Waals surface area contributed by atoms with E-state index >= 15 is 0 Å². The lowest BCUT2D eigenvalue weighted by molar-refractivity contribution is 0.0161. The van der Waals surface area contributed by atoms with E-state index in [9.17, 15) is 15.0 Å². The number of imidazole rings is 1. The molecular weight excluding hydrogens is 274 g/mol. The fourth-order valence-electron chi connectivity index (χ4n) is 1.71. The van der Waals surface area contributed by atoms with Gasteiger partial charge in [-0.15, -0.1) is 0 Å². The van der Waals surface area contributed by atoms with Crippen molar-refractivity contribution >= 4 is 6.09 Å². The van der Waals surface area contributed by atoms with E-state index in [1.165, 1.54) is 12.5 Å². The van der Waals surface area contributed by atoms with E-state index in [1.54, 1.807) is 0 Å². The molecule has 2 atom stereocenters. The number of carbonyl (C=O) groups is 1. The van der Waals surface area contributed by atoms with Crippen molar-refractivity contribution in [1.29, 1.82) is 0 Å². The quantitative estimate of drug-likeness (QED) is 0.627. The summed E-state index contributed by atoms with van der Waals surface area (Å²) in [5.74, 6) is 0. The zero-order chi connectivity index (χ0) is 15.1. The smallest absolute Gasteiger partial charge is 0.407 e. The van der Waals surface area contributed by atoms with Gasteiger partial charge in [0.05, 0.1) is 18.2 Å². The number of aromatic amines is 1. The molecule has 2 unspecified atom stereocenters. The molecule has 2 rings (SSSR count). The van der Waals surface area contributed by atoms with Crippen molar-refractivity contribution in [1.82, 2.24) is 15.3 Å². The van der Waals surface area contributed by atoms with Crippen molar-refractivity contribution in [3.05, 3.63) is 54.1 Å². The Morgan fingerprint density at radius 3 is 2.76 bits per heavy atom. The summed E-state index contributed by atoms with van der Waals surface area (Å²) >= 11 is 0. The van der Waals surface area contributed by atoms with Crippen molar-refractivity contribution in [2.75, 3.05) is 6.54 Å². The molecule has 21 heavy (non-hydrogen) atoms. The molecule has 0 aliphatic carbocycles. The van der Waals surface area contributed by atoms with Crippen LogP contribution in [0.4, 0.5) is 4.79 Å². The molecule has 112 valence electrons. The van der Waals surface area contributed by atoms with E-state index in [2.05, 4.69) is 15.3 Å². The third-order valence-electron chi connectivity index (χ3n) is 2.87. The summed E-state index contributed by atoms with van der Waals surface area (Å²) in [5.41, 5.74) is 1.24. The molecule has 1 heterocycles. The van der Waals surface area contributed by atoms with Crippen LogP contribution in [0.2, 0.25) is 0 Å². The number of alkyl carbamates (subject to hydrolysis) is 1. The monoisotopic (exact) mass is 291 g/mol. The highest BCUT2D eigenvalue weighted by Gasteiger charge is 2.20. The number of benzene rings is 1. The minimum Gasteiger partial charge on any atom is -0.445 e. The van der Waals surface area contributed by atoms with Crippen LogP contribution >= 0.6 is 0 Å². The lowest BCUT2D eigenvalue weighted by atomic mass is 10.1. The van der Waals surface area contributed by atoms with Gasteiger partial charge in [0.25, 0.3) is 0 Å². The van der Waals surface area contributed by atoms with Crippen LogP contribution in [0.3, 0.4) is 0 Å². The molecule has 2 aromatic rings. The van der Waals surface area contributed by atoms with E-state index in [4.69, 9.17) is 4.74 Å². The Morgan fingerprint density at radius 2 is 2.10 bits per heavy atom. The van der Waals surface area contributed by atoms with Gasteiger partial charge < -0.3 is 25.3 Å². The molecule has 0 fully saturated rings. The second-order valence-electron chi connectivity index (χ2n) is 4.46. The van der Waals surface area contributed by atoms with Crippen LogP contribution < -0.4 is 5.32 Å². The fourth-order valence-corrected chi connectivity index (χ4v) is 1.71. The molecule has 0 aliphatic rings. The van der Waals surface area contributed by atoms with Gasteiger partial charge in [-0.1, -0.05) is 30.3 Å². The number of aliphatic hydroxyl groups excluding tert-OH is 2. The Morgan fingerprint density at radius 1 is 1.33 bits per heavy atom. The maximum absolute atomic E-state index is 11.5. The van der Waals surface area contributed by atoms with Crippen LogP contribution in [0.15, 0.2) is 42.9 Å². The zero-order valence-corrected chi connectivity index (χ0v) is 11.3. The van der Waals surface area contributed by atoms with E-state index in [1.807, 2.05) is 30.3 Å². The fraction of sp³-hybridized carbons (Fsp3) is 0.286. The van der Waals surface area contributed by atoms with Gasteiger partial charge in [-0.05, 0) is 5.56 Å². The molecule has 1 aromatic carbocycles. The number of rotatable bonds is 6. The van der Waals surface area contributed by atoms with Crippen molar-refractivity contribution in [2.24, 2.45) is 0 Å². The molecule has 0 aliphatic heterocycles. The number of hydrogen-bond acceptors (Lipinski definition) is 5. The number of aliphatic hydroxyl groups is 2. The highest BCUT2D eigenvalue weighted by Crippen LogP contribution is 2.12. The Bertz CT molecular complexity index is 545. The molecule has 7 nitrogen and oxygen atoms in total. The van der Waals surface area contributed by atoms with Crippen LogP contribution in [-0.4, -0.2) is 38.9 Å². The maximum Gasteiger partial charge on any atom is 0.407 e. The molecule has 0 radical (unpaired) electrons. The average Bonchev–Trinajstić information content (AvgIpc) is 3.05. The number of nitrogens with one attached hydrogen (secondary N) is 2. The summed E-state index contributed by atoms with van der Waals surface area (Å²) in [6, 6.07) is 9.24. The minimum absolute atomic E-state index is 0.131. The van der Waals surface area contributed by atoms with Gasteiger partial charge in [0, 0.05) is 6.54 Å². The Kier molecular flexibility index (Phi) is 5.30. The first-order valence-electron chi connectivity index (χ1n) is 6.46. The first-order valence-corrected chi connectivity index (χ1v) is 6.46. The average molecular weight is 291 g/mol. The molecule has 1 aromatic heterocycles. The zero-order valence-electron chi connectivity index (χ0n) is 11.3. The Hall–Kier alpha value is -2.38. The maximum atomic E-state index is 11.5. The number of nitrogens with zero attached hydrogens (tertiary/aromatic N) is 1. The third kappa shape index (κ3) is 4.59. The summed E-state index contributed by atoms with van der Waals surface area (Å²) in [6.07, 6.45) is -0.166. The van der Waals surface area contributed by atoms with Gasteiger partial charge in [-0.2, -0.15) is 0 Å². The van der Waals surface area contributed by atoms with Gasteiger partial charge in [0.2, 0.25) is 0 Å². The normalized spacial score (nSPS) is 13.4. The predicted molar refractivity (Wildman–Crippen MR) is 74.2 cm³/mol. The van der Waals surface area contributed by atoms with E-state index < -0.39 is 18.3 Å². The van der Waals surface area contributed by atoms with Gasteiger partial charge >= 0.3 is 6.09 Å². The number of ether oxygens (including phenoxy) is 1. The summed E-state index contributed by atoms with van der Waals surface area (Å²) < 4.78 is 4.99. The van der Waals surface area contributed by atoms with Crippen molar-refractivity contribution in [3.8, 4) is 0 Å². The molecule has 0 spiro atoms. The lowest BCUT2D eigenvalue weighted by Gasteiger charge is -2.16. The van der Waals surface area contributed by atoms with Crippen molar-refractivity contribution < 1.29 is 19.7 Å². The summed E-state index contributed by atoms with van der Waals surface area (Å²) in [4.78, 5) is 17.9. The molecule has 4 N–H and O–H groups in total. The van der Waals surface area contributed by atoms with Gasteiger partial charge in [0.15, 0.2) is 0 Å². The molecule has 0 bridgehead atoms. The van der Waals surface area contributed by atoms with Crippen LogP contribution in [-0.2, 0) is 11.3 Å². The summed E-state index contributed by atoms with van der Waals surface area (Å²) in [6.45, 7) is 0.0136. The van der Waals surface area contributed by atoms with Gasteiger partial charge in [0.1, 0.15) is 18.8 Å². The molecular formula is C14H17N3O4. The van der Waals surface area contributed by atoms with Crippen LogP contribution in [0.25, 0.3) is 0 Å². The topological polar surface area (TPSA) is 107 Å². The standard InChI is InChI=1S/C14H17N3O4/c18-12(13(19)11-6-15-9-17-11)7-16-14(20)21-8-10-4-2-1-3-5-10/h1-6,9,12-13,18-19H,7-8H2,(H,15,17)(H,16,20). The van der Waals surface area contributed by atoms with Gasteiger partial charge in [-0.3, -0.25) is 0 Å². The Labute approximate surface area is 121 Å². The number of amides is 1. The summed E-state index contributed by atoms with van der Waals surface area (Å²) in [7, 11) is 0. The third-order valence-corrected chi connectivity index (χ3v) is 2.87. The Balaban J connectivity index is 1.71. The number of carbonyl (C=O) groups excluding carboxylic acids is 1. The van der Waals surface area contributed by atoms with Crippen molar-refractivity contribution in [2.45, 2.75) is 18.8 Å². The van der Waals surface area contributed by atoms with E-state index in [-0.39, 0.29) is 13.2 Å². The molecule has 1 amide bonds. The number of H-pyrrole nitrogens is 1. The molecule has 0 saturated carbocycles. The minimum atomic E-state index is -1.16. The SMILES string of the molecule is O=C(NCC(O)C(O)c1cnc[nH]1)OCc1ccccc1. The van der Waals surface area contributed by atoms with E-state index in [0.29, 0.717) is 5.69 Å². The summed E-state index contributed by atoms with van der Waals surface area (Å²) in [5, 5.41) is 21.9. The molecule has 0 saturated heterocycles. The second kappa shape index (κ2) is 7.41. The predicted octanol–water partition coefficient (Wildman–Crippen LogP) is 0.730. The number of aromatic nitrogens is 2. The van der Waals surface area contributed by atoms with Crippen LogP contribution in [0.5, 0.6) is 0 Å². The van der Waals surface area contributed by atoms with Crippen LogP contribution in [0, 0.1) is 0 Å². The van der Waals surface area contributed by atoms with Crippen molar-refractivity contribution in [3.63, 3.8) is 0 Å². The highest BCUT2D eigenvalue weighted by atomic mass is 16.5. The van der Waals surface area contributed by atoms with Gasteiger partial charge in [-0.25, -0.2) is 9.78 Å². The first-order chi connectivity index (χ1) is 10.2. The van der Waals surface area contributed by atoms with E-state index in [0.717, 1.165) is 5.56 Å². The molecule has 7 heteroatoms. The second-order valence-corrected chi connectivity index (χ2v) is 4.46. The largest absolute Gasteiger partial charge is 0.445 e. The highest BCUT2D eigenvalue weighted by molar-refractivity contribution is 5.67.